The number of benzene rings is 1. The number of nitriles is 1. The SMILES string of the molecule is CC(C)(O)C1(O)CN(S(=O)c2ccc(Cl)cn2)C[C@@H]1Oc1ccc(C#N)c(F)c1. The summed E-state index contributed by atoms with van der Waals surface area (Å²) in [6, 6.07) is 8.46. The Bertz CT molecular complexity index is 977. The van der Waals surface area contributed by atoms with Gasteiger partial charge in [0.2, 0.25) is 0 Å². The highest BCUT2D eigenvalue weighted by Crippen LogP contribution is 2.36. The van der Waals surface area contributed by atoms with Crippen LogP contribution in [-0.4, -0.2) is 54.1 Å². The largest absolute Gasteiger partial charge is 0.486 e. The fourth-order valence-corrected chi connectivity index (χ4v) is 4.33. The zero-order valence-corrected chi connectivity index (χ0v) is 17.2. The zero-order valence-electron chi connectivity index (χ0n) is 15.7. The first-order chi connectivity index (χ1) is 13.5. The van der Waals surface area contributed by atoms with E-state index >= 15 is 0 Å². The number of hydrogen-bond acceptors (Lipinski definition) is 6. The van der Waals surface area contributed by atoms with Gasteiger partial charge in [0.05, 0.1) is 22.7 Å². The van der Waals surface area contributed by atoms with Crippen molar-refractivity contribution >= 4 is 22.6 Å². The molecule has 1 saturated heterocycles. The third-order valence-corrected chi connectivity index (χ3v) is 6.40. The average molecular weight is 440 g/mol. The highest BCUT2D eigenvalue weighted by Gasteiger charge is 2.57. The van der Waals surface area contributed by atoms with E-state index in [1.165, 1.54) is 42.5 Å². The van der Waals surface area contributed by atoms with Gasteiger partial charge in [0, 0.05) is 18.8 Å². The number of halogens is 2. The summed E-state index contributed by atoms with van der Waals surface area (Å²) >= 11 is 5.81. The Kier molecular flexibility index (Phi) is 5.94. The third-order valence-electron chi connectivity index (χ3n) is 4.83. The molecule has 2 unspecified atom stereocenters. The second-order valence-corrected chi connectivity index (χ2v) is 9.10. The van der Waals surface area contributed by atoms with E-state index in [4.69, 9.17) is 21.6 Å². The molecule has 1 aromatic heterocycles. The molecule has 10 heteroatoms. The predicted octanol–water partition coefficient (Wildman–Crippen LogP) is 2.03. The fourth-order valence-electron chi connectivity index (χ4n) is 3.04. The summed E-state index contributed by atoms with van der Waals surface area (Å²) in [6.45, 7) is 2.64. The summed E-state index contributed by atoms with van der Waals surface area (Å²) in [5, 5.41) is 31.2. The molecule has 154 valence electrons. The van der Waals surface area contributed by atoms with Crippen LogP contribution >= 0.6 is 11.6 Å². The summed E-state index contributed by atoms with van der Waals surface area (Å²) in [5.74, 6) is -0.688. The summed E-state index contributed by atoms with van der Waals surface area (Å²) < 4.78 is 34.0. The van der Waals surface area contributed by atoms with E-state index in [9.17, 15) is 18.8 Å². The summed E-state index contributed by atoms with van der Waals surface area (Å²) in [5.41, 5.74) is -3.56. The lowest BCUT2D eigenvalue weighted by molar-refractivity contribution is -0.158. The van der Waals surface area contributed by atoms with Gasteiger partial charge in [-0.25, -0.2) is 17.9 Å². The molecule has 0 spiro atoms. The van der Waals surface area contributed by atoms with Crippen LogP contribution in [0.15, 0.2) is 41.6 Å². The lowest BCUT2D eigenvalue weighted by atomic mass is 9.83. The van der Waals surface area contributed by atoms with Crippen molar-refractivity contribution in [3.8, 4) is 11.8 Å². The molecule has 3 rings (SSSR count). The maximum atomic E-state index is 13.9. The number of aromatic nitrogens is 1. The molecule has 2 heterocycles. The number of rotatable bonds is 5. The molecule has 2 aromatic rings. The monoisotopic (exact) mass is 439 g/mol. The Morgan fingerprint density at radius 1 is 1.45 bits per heavy atom. The molecule has 7 nitrogen and oxygen atoms in total. The van der Waals surface area contributed by atoms with Gasteiger partial charge in [-0.3, -0.25) is 0 Å². The van der Waals surface area contributed by atoms with Crippen molar-refractivity contribution in [3.05, 3.63) is 52.9 Å². The Hall–Kier alpha value is -2.09. The topological polar surface area (TPSA) is 107 Å². The van der Waals surface area contributed by atoms with Gasteiger partial charge in [-0.15, -0.1) is 0 Å². The first kappa shape index (κ1) is 21.6. The molecule has 29 heavy (non-hydrogen) atoms. The van der Waals surface area contributed by atoms with Crippen LogP contribution in [0.4, 0.5) is 4.39 Å². The maximum absolute atomic E-state index is 13.9. The molecule has 1 aromatic carbocycles. The number of hydrogen-bond donors (Lipinski definition) is 2. The van der Waals surface area contributed by atoms with Crippen LogP contribution in [0, 0.1) is 17.1 Å². The van der Waals surface area contributed by atoms with Crippen molar-refractivity contribution in [2.24, 2.45) is 0 Å². The molecule has 2 N–H and O–H groups in total. The normalized spacial score (nSPS) is 23.6. The summed E-state index contributed by atoms with van der Waals surface area (Å²) in [6.07, 6.45) is 0.340. The van der Waals surface area contributed by atoms with E-state index < -0.39 is 34.1 Å². The lowest BCUT2D eigenvalue weighted by Crippen LogP contribution is -2.59. The number of β-amino-alcohol motifs (C(OH)–C–C–N with tert-alkyl or cyclic N) is 1. The van der Waals surface area contributed by atoms with Crippen LogP contribution < -0.4 is 4.74 Å². The van der Waals surface area contributed by atoms with Crippen molar-refractivity contribution in [3.63, 3.8) is 0 Å². The molecule has 0 saturated carbocycles. The number of ether oxygens (including phenoxy) is 1. The van der Waals surface area contributed by atoms with E-state index in [1.54, 1.807) is 12.1 Å². The average Bonchev–Trinajstić information content (AvgIpc) is 3.00. The van der Waals surface area contributed by atoms with Gasteiger partial charge >= 0.3 is 0 Å². The van der Waals surface area contributed by atoms with Crippen molar-refractivity contribution in [1.29, 1.82) is 5.26 Å². The van der Waals surface area contributed by atoms with Crippen LogP contribution in [0.25, 0.3) is 0 Å². The second kappa shape index (κ2) is 7.97. The van der Waals surface area contributed by atoms with E-state index in [1.807, 2.05) is 0 Å². The van der Waals surface area contributed by atoms with Gasteiger partial charge < -0.3 is 14.9 Å². The summed E-state index contributed by atoms with van der Waals surface area (Å²) in [4.78, 5) is 4.03. The molecule has 0 aliphatic carbocycles. The van der Waals surface area contributed by atoms with Gasteiger partial charge in [0.25, 0.3) is 0 Å². The second-order valence-electron chi connectivity index (χ2n) is 7.23. The molecular weight excluding hydrogens is 421 g/mol. The Labute approximate surface area is 174 Å². The third kappa shape index (κ3) is 4.27. The zero-order chi connectivity index (χ0) is 21.4. The Morgan fingerprint density at radius 2 is 2.17 bits per heavy atom. The number of pyridine rings is 1. The minimum absolute atomic E-state index is 0.0149. The highest BCUT2D eigenvalue weighted by atomic mass is 35.5. The van der Waals surface area contributed by atoms with Gasteiger partial charge in [-0.05, 0) is 38.1 Å². The first-order valence-corrected chi connectivity index (χ1v) is 10.1. The standard InChI is InChI=1S/C19H19ClFN3O4S/c1-18(2,25)19(26)11-24(29(27)17-6-4-13(20)9-23-17)10-16(19)28-14-5-3-12(8-22)15(21)7-14/h3-7,9,16,25-26H,10-11H2,1-2H3/t16-,19?,29?/m0/s1. The fraction of sp³-hybridized carbons (Fsp3) is 0.368. The van der Waals surface area contributed by atoms with Gasteiger partial charge in [0.15, 0.2) is 0 Å². The number of aliphatic hydroxyl groups is 2. The van der Waals surface area contributed by atoms with E-state index in [2.05, 4.69) is 4.98 Å². The quantitative estimate of drug-likeness (QED) is 0.738. The molecule has 1 fully saturated rings. The lowest BCUT2D eigenvalue weighted by Gasteiger charge is -2.39. The van der Waals surface area contributed by atoms with Crippen molar-refractivity contribution in [1.82, 2.24) is 9.29 Å². The summed E-state index contributed by atoms with van der Waals surface area (Å²) in [7, 11) is -1.74. The minimum Gasteiger partial charge on any atom is -0.486 e. The minimum atomic E-state index is -1.81. The van der Waals surface area contributed by atoms with Gasteiger partial charge in [0.1, 0.15) is 45.4 Å². The molecule has 0 bridgehead atoms. The maximum Gasteiger partial charge on any atom is 0.146 e. The van der Waals surface area contributed by atoms with Crippen molar-refractivity contribution in [2.75, 3.05) is 13.1 Å². The molecule has 1 aliphatic heterocycles. The molecule has 3 atom stereocenters. The van der Waals surface area contributed by atoms with E-state index in [0.29, 0.717) is 5.02 Å². The Morgan fingerprint density at radius 3 is 2.72 bits per heavy atom. The van der Waals surface area contributed by atoms with E-state index in [-0.39, 0.29) is 29.4 Å². The van der Waals surface area contributed by atoms with Crippen LogP contribution in [0.2, 0.25) is 5.02 Å². The van der Waals surface area contributed by atoms with Crippen molar-refractivity contribution in [2.45, 2.75) is 36.2 Å². The van der Waals surface area contributed by atoms with Crippen LogP contribution in [-0.2, 0) is 11.0 Å². The first-order valence-electron chi connectivity index (χ1n) is 8.64. The molecule has 0 amide bonds. The van der Waals surface area contributed by atoms with Crippen LogP contribution in [0.5, 0.6) is 5.75 Å². The van der Waals surface area contributed by atoms with Gasteiger partial charge in [-0.2, -0.15) is 5.26 Å². The van der Waals surface area contributed by atoms with Gasteiger partial charge in [-0.1, -0.05) is 11.6 Å². The molecule has 1 aliphatic rings. The number of nitrogens with zero attached hydrogens (tertiary/aromatic N) is 3. The van der Waals surface area contributed by atoms with Crippen LogP contribution in [0.3, 0.4) is 0 Å². The smallest absolute Gasteiger partial charge is 0.146 e. The highest BCUT2D eigenvalue weighted by molar-refractivity contribution is 7.82. The van der Waals surface area contributed by atoms with Crippen LogP contribution in [0.1, 0.15) is 19.4 Å². The Balaban J connectivity index is 1.88. The van der Waals surface area contributed by atoms with E-state index in [0.717, 1.165) is 6.07 Å². The predicted molar refractivity (Wildman–Crippen MR) is 104 cm³/mol. The van der Waals surface area contributed by atoms with Crippen molar-refractivity contribution < 1.29 is 23.5 Å². The molecule has 0 radical (unpaired) electrons. The molecular formula is C19H19ClFN3O4S.